The minimum atomic E-state index is -3.40. The predicted octanol–water partition coefficient (Wildman–Crippen LogP) is 3.99. The third-order valence-corrected chi connectivity index (χ3v) is 8.37. The number of aromatic nitrogens is 5. The number of imidazole rings is 1. The molecule has 0 fully saturated rings. The molecule has 0 saturated heterocycles. The molecule has 1 amide bonds. The lowest BCUT2D eigenvalue weighted by Crippen LogP contribution is -2.18. The summed E-state index contributed by atoms with van der Waals surface area (Å²) in [6.45, 7) is 6.63. The van der Waals surface area contributed by atoms with Gasteiger partial charge in [0.15, 0.2) is 9.84 Å². The molecule has 4 heterocycles. The van der Waals surface area contributed by atoms with Gasteiger partial charge in [0.25, 0.3) is 5.91 Å². The van der Waals surface area contributed by atoms with E-state index in [1.165, 1.54) is 0 Å². The zero-order chi connectivity index (χ0) is 26.3. The summed E-state index contributed by atoms with van der Waals surface area (Å²) in [5.74, 6) is 0.870. The van der Waals surface area contributed by atoms with Crippen LogP contribution in [0, 0.1) is 12.8 Å². The summed E-state index contributed by atoms with van der Waals surface area (Å²) in [7, 11) is -1.58. The molecule has 1 aliphatic rings. The van der Waals surface area contributed by atoms with Crippen LogP contribution in [0.1, 0.15) is 42.7 Å². The molecule has 1 aliphatic heterocycles. The molecule has 194 valence electrons. The average molecular weight is 523 g/mol. The van der Waals surface area contributed by atoms with Crippen molar-refractivity contribution in [2.24, 2.45) is 13.0 Å². The number of carbonyl (C=O) groups is 1. The smallest absolute Gasteiger partial charge is 0.258 e. The second-order valence-electron chi connectivity index (χ2n) is 9.52. The van der Waals surface area contributed by atoms with Crippen LogP contribution >= 0.6 is 0 Å². The first-order valence-corrected chi connectivity index (χ1v) is 14.0. The number of aryl methyl sites for hydroxylation is 2. The number of amides is 1. The van der Waals surface area contributed by atoms with Gasteiger partial charge >= 0.3 is 0 Å². The summed E-state index contributed by atoms with van der Waals surface area (Å²) in [5.41, 5.74) is 3.71. The van der Waals surface area contributed by atoms with Crippen molar-refractivity contribution in [3.05, 3.63) is 47.8 Å². The maximum atomic E-state index is 13.4. The van der Waals surface area contributed by atoms with Crippen LogP contribution in [0.2, 0.25) is 0 Å². The molecular weight excluding hydrogens is 492 g/mol. The Kier molecular flexibility index (Phi) is 6.49. The second-order valence-corrected chi connectivity index (χ2v) is 11.8. The minimum Gasteiger partial charge on any atom is -0.477 e. The summed E-state index contributed by atoms with van der Waals surface area (Å²) in [4.78, 5) is 23.0. The van der Waals surface area contributed by atoms with Gasteiger partial charge in [-0.3, -0.25) is 15.1 Å². The first-order chi connectivity index (χ1) is 17.7. The SMILES string of the molecule is CCS(=O)(=O)c1ccc2nc3n(c2c1)C[C@H](C)CCCOc1c(cnn1C)-c1cc(cc(C)n1)C(=O)N3. The Bertz CT molecular complexity index is 1600. The Morgan fingerprint density at radius 3 is 2.78 bits per heavy atom. The number of nitrogens with zero attached hydrogens (tertiary/aromatic N) is 5. The standard InChI is InChI=1S/C26H30N6O4S/c1-5-37(34,35)19-8-9-21-23(13-19)32-15-16(2)7-6-10-36-25-20(14-27-31(25)4)22-12-18(11-17(3)28-22)24(33)30-26(32)29-21/h8-9,11-14,16H,5-7,10,15H2,1-4H3,(H,29,30,33)/t16-/m1/s1. The molecular formula is C26H30N6O4S. The highest BCUT2D eigenvalue weighted by Gasteiger charge is 2.22. The lowest BCUT2D eigenvalue weighted by atomic mass is 10.1. The summed E-state index contributed by atoms with van der Waals surface area (Å²) in [5, 5.41) is 7.30. The van der Waals surface area contributed by atoms with Crippen molar-refractivity contribution in [3.8, 4) is 17.1 Å². The van der Waals surface area contributed by atoms with Crippen LogP contribution in [0.3, 0.4) is 0 Å². The maximum Gasteiger partial charge on any atom is 0.258 e. The quantitative estimate of drug-likeness (QED) is 0.422. The fraction of sp³-hybridized carbons (Fsp3) is 0.385. The number of rotatable bonds is 2. The van der Waals surface area contributed by atoms with Crippen LogP contribution in [0.25, 0.3) is 22.3 Å². The Balaban J connectivity index is 1.63. The van der Waals surface area contributed by atoms with E-state index < -0.39 is 9.84 Å². The van der Waals surface area contributed by atoms with Crippen LogP contribution in [0.4, 0.5) is 5.95 Å². The summed E-state index contributed by atoms with van der Waals surface area (Å²) < 4.78 is 34.8. The molecule has 0 spiro atoms. The van der Waals surface area contributed by atoms with Gasteiger partial charge in [0.1, 0.15) is 0 Å². The third kappa shape index (κ3) is 4.83. The van der Waals surface area contributed by atoms with Crippen LogP contribution < -0.4 is 10.1 Å². The molecule has 1 N–H and O–H groups in total. The van der Waals surface area contributed by atoms with Crippen molar-refractivity contribution in [3.63, 3.8) is 0 Å². The molecule has 3 aromatic heterocycles. The van der Waals surface area contributed by atoms with Gasteiger partial charge in [-0.2, -0.15) is 5.10 Å². The number of ether oxygens (including phenoxy) is 1. The Hall–Kier alpha value is -3.73. The number of anilines is 1. The monoisotopic (exact) mass is 522 g/mol. The van der Waals surface area contributed by atoms with Gasteiger partial charge in [0, 0.05) is 24.8 Å². The zero-order valence-electron chi connectivity index (χ0n) is 21.4. The van der Waals surface area contributed by atoms with E-state index in [1.54, 1.807) is 48.1 Å². The van der Waals surface area contributed by atoms with Gasteiger partial charge in [-0.05, 0) is 56.0 Å². The maximum absolute atomic E-state index is 13.4. The van der Waals surface area contributed by atoms with E-state index in [2.05, 4.69) is 27.3 Å². The highest BCUT2D eigenvalue weighted by atomic mass is 32.2. The second kappa shape index (κ2) is 9.62. The lowest BCUT2D eigenvalue weighted by Gasteiger charge is -2.16. The fourth-order valence-corrected chi connectivity index (χ4v) is 5.53. The molecule has 1 aromatic carbocycles. The summed E-state index contributed by atoms with van der Waals surface area (Å²) in [6, 6.07) is 8.35. The van der Waals surface area contributed by atoms with Crippen molar-refractivity contribution in [2.75, 3.05) is 17.7 Å². The third-order valence-electron chi connectivity index (χ3n) is 6.63. The zero-order valence-corrected chi connectivity index (χ0v) is 22.2. The Labute approximate surface area is 215 Å². The van der Waals surface area contributed by atoms with Gasteiger partial charge in [-0.15, -0.1) is 0 Å². The van der Waals surface area contributed by atoms with Crippen LogP contribution in [-0.2, 0) is 23.4 Å². The lowest BCUT2D eigenvalue weighted by molar-refractivity contribution is 0.102. The molecule has 0 radical (unpaired) electrons. The first kappa shape index (κ1) is 24.9. The van der Waals surface area contributed by atoms with E-state index in [4.69, 9.17) is 4.74 Å². The topological polar surface area (TPSA) is 121 Å². The van der Waals surface area contributed by atoms with Crippen LogP contribution in [0.15, 0.2) is 41.4 Å². The van der Waals surface area contributed by atoms with Crippen molar-refractivity contribution in [1.82, 2.24) is 24.3 Å². The normalized spacial score (nSPS) is 16.8. The van der Waals surface area contributed by atoms with Gasteiger partial charge in [-0.1, -0.05) is 13.8 Å². The number of fused-ring (bicyclic) bond motifs is 7. The summed E-state index contributed by atoms with van der Waals surface area (Å²) in [6.07, 6.45) is 3.36. The molecule has 0 unspecified atom stereocenters. The molecule has 11 heteroatoms. The van der Waals surface area contributed by atoms with Crippen molar-refractivity contribution in [2.45, 2.75) is 45.1 Å². The highest BCUT2D eigenvalue weighted by molar-refractivity contribution is 7.91. The van der Waals surface area contributed by atoms with Gasteiger partial charge in [0.05, 0.1) is 45.7 Å². The average Bonchev–Trinajstić information content (AvgIpc) is 3.40. The van der Waals surface area contributed by atoms with E-state index in [-0.39, 0.29) is 22.5 Å². The number of sulfone groups is 1. The molecule has 37 heavy (non-hydrogen) atoms. The van der Waals surface area contributed by atoms with Crippen LogP contribution in [-0.4, -0.2) is 51.0 Å². The largest absolute Gasteiger partial charge is 0.477 e. The number of nitrogens with one attached hydrogen (secondary N) is 1. The number of carbonyl (C=O) groups excluding carboxylic acids is 1. The van der Waals surface area contributed by atoms with Gasteiger partial charge in [-0.25, -0.2) is 18.1 Å². The number of pyridine rings is 1. The molecule has 0 aliphatic carbocycles. The molecule has 10 nitrogen and oxygen atoms in total. The Morgan fingerprint density at radius 2 is 2.00 bits per heavy atom. The molecule has 0 saturated carbocycles. The van der Waals surface area contributed by atoms with Gasteiger partial charge < -0.3 is 9.30 Å². The molecule has 5 rings (SSSR count). The summed E-state index contributed by atoms with van der Waals surface area (Å²) >= 11 is 0. The van der Waals surface area contributed by atoms with E-state index in [9.17, 15) is 13.2 Å². The van der Waals surface area contributed by atoms with Crippen molar-refractivity contribution >= 4 is 32.7 Å². The molecule has 1 atom stereocenters. The van der Waals surface area contributed by atoms with E-state index >= 15 is 0 Å². The van der Waals surface area contributed by atoms with E-state index in [0.29, 0.717) is 53.0 Å². The van der Waals surface area contributed by atoms with Crippen molar-refractivity contribution < 1.29 is 17.9 Å². The van der Waals surface area contributed by atoms with E-state index in [1.807, 2.05) is 18.5 Å². The molecule has 2 bridgehead atoms. The van der Waals surface area contributed by atoms with Gasteiger partial charge in [0.2, 0.25) is 11.8 Å². The van der Waals surface area contributed by atoms with Crippen molar-refractivity contribution in [1.29, 1.82) is 0 Å². The minimum absolute atomic E-state index is 0.00821. The van der Waals surface area contributed by atoms with Crippen LogP contribution in [0.5, 0.6) is 5.88 Å². The first-order valence-electron chi connectivity index (χ1n) is 12.3. The van der Waals surface area contributed by atoms with E-state index in [0.717, 1.165) is 18.4 Å². The Morgan fingerprint density at radius 1 is 1.19 bits per heavy atom. The highest BCUT2D eigenvalue weighted by Crippen LogP contribution is 2.31. The fourth-order valence-electron chi connectivity index (χ4n) is 4.63. The number of benzene rings is 1. The predicted molar refractivity (Wildman–Crippen MR) is 140 cm³/mol. The number of hydrogen-bond donors (Lipinski definition) is 1. The number of hydrogen-bond acceptors (Lipinski definition) is 7. The molecule has 4 aromatic rings.